The van der Waals surface area contributed by atoms with Crippen molar-refractivity contribution in [3.05, 3.63) is 59.0 Å². The van der Waals surface area contributed by atoms with Gasteiger partial charge in [0.1, 0.15) is 12.4 Å². The first-order valence-corrected chi connectivity index (χ1v) is 6.17. The number of benzene rings is 1. The van der Waals surface area contributed by atoms with Crippen LogP contribution >= 0.6 is 11.6 Å². The van der Waals surface area contributed by atoms with E-state index in [9.17, 15) is 4.79 Å². The minimum Gasteiger partial charge on any atom is -0.472 e. The zero-order valence-corrected chi connectivity index (χ0v) is 11.2. The Morgan fingerprint density at radius 1 is 1.42 bits per heavy atom. The van der Waals surface area contributed by atoms with Crippen LogP contribution in [-0.4, -0.2) is 19.6 Å². The van der Waals surface area contributed by atoms with E-state index in [2.05, 4.69) is 5.32 Å². The minimum absolute atomic E-state index is 0.206. The van der Waals surface area contributed by atoms with Crippen LogP contribution in [0.25, 0.3) is 0 Å². The van der Waals surface area contributed by atoms with Crippen molar-refractivity contribution < 1.29 is 13.9 Å². The minimum atomic E-state index is -0.287. The molecule has 1 unspecified atom stereocenters. The van der Waals surface area contributed by atoms with E-state index in [4.69, 9.17) is 20.8 Å². The molecule has 1 heterocycles. The predicted molar refractivity (Wildman–Crippen MR) is 72.2 cm³/mol. The molecule has 0 bridgehead atoms. The number of amides is 1. The van der Waals surface area contributed by atoms with Crippen LogP contribution in [0, 0.1) is 0 Å². The summed E-state index contributed by atoms with van der Waals surface area (Å²) in [5.41, 5.74) is 1.33. The Bertz CT molecular complexity index is 539. The molecule has 1 atom stereocenters. The van der Waals surface area contributed by atoms with Gasteiger partial charge in [0, 0.05) is 24.2 Å². The number of furan rings is 1. The van der Waals surface area contributed by atoms with Crippen LogP contribution in [0.2, 0.25) is 5.02 Å². The highest BCUT2D eigenvalue weighted by molar-refractivity contribution is 6.31. The number of hydrogen-bond acceptors (Lipinski definition) is 3. The summed E-state index contributed by atoms with van der Waals surface area (Å²) in [6.45, 7) is 0.338. The third-order valence-electron chi connectivity index (χ3n) is 2.77. The van der Waals surface area contributed by atoms with Crippen molar-refractivity contribution in [1.29, 1.82) is 0 Å². The van der Waals surface area contributed by atoms with Crippen LogP contribution < -0.4 is 5.32 Å². The van der Waals surface area contributed by atoms with E-state index in [0.717, 1.165) is 5.56 Å². The topological polar surface area (TPSA) is 51.5 Å². The number of nitrogens with one attached hydrogen (secondary N) is 1. The monoisotopic (exact) mass is 279 g/mol. The van der Waals surface area contributed by atoms with Gasteiger partial charge in [-0.05, 0) is 12.1 Å². The van der Waals surface area contributed by atoms with Gasteiger partial charge in [0.2, 0.25) is 0 Å². The fourth-order valence-corrected chi connectivity index (χ4v) is 2.00. The van der Waals surface area contributed by atoms with E-state index >= 15 is 0 Å². The molecule has 4 nitrogen and oxygen atoms in total. The maximum atomic E-state index is 11.8. The molecular formula is C14H14ClNO3. The maximum Gasteiger partial charge on any atom is 0.254 e. The van der Waals surface area contributed by atoms with E-state index in [1.165, 1.54) is 12.5 Å². The van der Waals surface area contributed by atoms with E-state index in [0.29, 0.717) is 17.1 Å². The van der Waals surface area contributed by atoms with Crippen LogP contribution in [0.1, 0.15) is 22.0 Å². The van der Waals surface area contributed by atoms with Crippen LogP contribution in [0.3, 0.4) is 0 Å². The Labute approximate surface area is 116 Å². The fourth-order valence-electron chi connectivity index (χ4n) is 1.74. The van der Waals surface area contributed by atoms with Crippen LogP contribution in [0.4, 0.5) is 0 Å². The van der Waals surface area contributed by atoms with Crippen molar-refractivity contribution in [2.75, 3.05) is 13.7 Å². The Balaban J connectivity index is 2.01. The number of rotatable bonds is 5. The molecule has 0 aliphatic rings. The fraction of sp³-hybridized carbons (Fsp3) is 0.214. The highest BCUT2D eigenvalue weighted by Gasteiger charge is 2.15. The van der Waals surface area contributed by atoms with Gasteiger partial charge in [-0.1, -0.05) is 29.8 Å². The van der Waals surface area contributed by atoms with Crippen LogP contribution in [-0.2, 0) is 4.74 Å². The van der Waals surface area contributed by atoms with Gasteiger partial charge >= 0.3 is 0 Å². The number of carbonyl (C=O) groups is 1. The number of halogens is 1. The Kier molecular flexibility index (Phi) is 4.60. The van der Waals surface area contributed by atoms with Gasteiger partial charge in [-0.15, -0.1) is 0 Å². The molecule has 0 radical (unpaired) electrons. The molecule has 0 aliphatic carbocycles. The summed E-state index contributed by atoms with van der Waals surface area (Å²) in [5, 5.41) is 3.40. The van der Waals surface area contributed by atoms with Crippen molar-refractivity contribution in [3.63, 3.8) is 0 Å². The Morgan fingerprint density at radius 3 is 2.84 bits per heavy atom. The standard InChI is InChI=1S/C14H14ClNO3/c1-18-13(11-4-2-3-5-12(11)15)8-16-14(17)10-6-7-19-9-10/h2-7,9,13H,8H2,1H3,(H,16,17). The zero-order valence-electron chi connectivity index (χ0n) is 10.4. The SMILES string of the molecule is COC(CNC(=O)c1ccoc1)c1ccccc1Cl. The van der Waals surface area contributed by atoms with Gasteiger partial charge in [0.15, 0.2) is 0 Å². The van der Waals surface area contributed by atoms with E-state index in [1.807, 2.05) is 18.2 Å². The van der Waals surface area contributed by atoms with Gasteiger partial charge in [-0.3, -0.25) is 4.79 Å². The normalized spacial score (nSPS) is 12.1. The average molecular weight is 280 g/mol. The first-order valence-electron chi connectivity index (χ1n) is 5.80. The van der Waals surface area contributed by atoms with E-state index < -0.39 is 0 Å². The third kappa shape index (κ3) is 3.36. The van der Waals surface area contributed by atoms with Crippen molar-refractivity contribution in [3.8, 4) is 0 Å². The molecule has 0 fully saturated rings. The highest BCUT2D eigenvalue weighted by Crippen LogP contribution is 2.24. The smallest absolute Gasteiger partial charge is 0.254 e. The number of carbonyl (C=O) groups excluding carboxylic acids is 1. The zero-order chi connectivity index (χ0) is 13.7. The van der Waals surface area contributed by atoms with Gasteiger partial charge in [0.05, 0.1) is 11.8 Å². The lowest BCUT2D eigenvalue weighted by atomic mass is 10.1. The molecule has 100 valence electrons. The Hall–Kier alpha value is -1.78. The molecule has 19 heavy (non-hydrogen) atoms. The molecule has 0 saturated heterocycles. The summed E-state index contributed by atoms with van der Waals surface area (Å²) < 4.78 is 10.2. The lowest BCUT2D eigenvalue weighted by Crippen LogP contribution is -2.28. The number of hydrogen-bond donors (Lipinski definition) is 1. The predicted octanol–water partition coefficient (Wildman–Crippen LogP) is 3.05. The molecule has 1 N–H and O–H groups in total. The molecule has 1 aromatic carbocycles. The van der Waals surface area contributed by atoms with Crippen LogP contribution in [0.5, 0.6) is 0 Å². The molecule has 2 rings (SSSR count). The van der Waals surface area contributed by atoms with Gasteiger partial charge < -0.3 is 14.5 Å². The maximum absolute atomic E-state index is 11.8. The van der Waals surface area contributed by atoms with Crippen molar-refractivity contribution in [2.24, 2.45) is 0 Å². The van der Waals surface area contributed by atoms with Crippen molar-refractivity contribution in [1.82, 2.24) is 5.32 Å². The largest absolute Gasteiger partial charge is 0.472 e. The lowest BCUT2D eigenvalue weighted by molar-refractivity contribution is 0.0827. The van der Waals surface area contributed by atoms with Crippen LogP contribution in [0.15, 0.2) is 47.3 Å². The number of ether oxygens (including phenoxy) is 1. The summed E-state index contributed by atoms with van der Waals surface area (Å²) in [5.74, 6) is -0.206. The second-order valence-corrected chi connectivity index (χ2v) is 4.38. The highest BCUT2D eigenvalue weighted by atomic mass is 35.5. The summed E-state index contributed by atoms with van der Waals surface area (Å²) in [6.07, 6.45) is 2.56. The molecule has 0 aliphatic heterocycles. The van der Waals surface area contributed by atoms with Gasteiger partial charge in [-0.25, -0.2) is 0 Å². The molecule has 1 aromatic heterocycles. The van der Waals surface area contributed by atoms with Crippen molar-refractivity contribution >= 4 is 17.5 Å². The molecule has 1 amide bonds. The first-order chi connectivity index (χ1) is 9.22. The molecule has 0 saturated carbocycles. The summed E-state index contributed by atoms with van der Waals surface area (Å²) in [6, 6.07) is 9.00. The summed E-state index contributed by atoms with van der Waals surface area (Å²) >= 11 is 6.10. The average Bonchev–Trinajstić information content (AvgIpc) is 2.95. The molecule has 5 heteroatoms. The van der Waals surface area contributed by atoms with E-state index in [-0.39, 0.29) is 12.0 Å². The molecular weight excluding hydrogens is 266 g/mol. The third-order valence-corrected chi connectivity index (χ3v) is 3.11. The molecule has 2 aromatic rings. The van der Waals surface area contributed by atoms with E-state index in [1.54, 1.807) is 19.2 Å². The van der Waals surface area contributed by atoms with Crippen molar-refractivity contribution in [2.45, 2.75) is 6.10 Å². The number of methoxy groups -OCH3 is 1. The second-order valence-electron chi connectivity index (χ2n) is 3.97. The second kappa shape index (κ2) is 6.41. The Morgan fingerprint density at radius 2 is 2.21 bits per heavy atom. The molecule has 0 spiro atoms. The quantitative estimate of drug-likeness (QED) is 0.915. The first kappa shape index (κ1) is 13.6. The van der Waals surface area contributed by atoms with Gasteiger partial charge in [-0.2, -0.15) is 0 Å². The summed E-state index contributed by atoms with van der Waals surface area (Å²) in [4.78, 5) is 11.8. The summed E-state index contributed by atoms with van der Waals surface area (Å²) in [7, 11) is 1.58. The van der Waals surface area contributed by atoms with Gasteiger partial charge in [0.25, 0.3) is 5.91 Å². The lowest BCUT2D eigenvalue weighted by Gasteiger charge is -2.17.